The zero-order chi connectivity index (χ0) is 20.9. The van der Waals surface area contributed by atoms with Gasteiger partial charge in [-0.25, -0.2) is 9.59 Å². The van der Waals surface area contributed by atoms with Crippen LogP contribution in [0.5, 0.6) is 0 Å². The van der Waals surface area contributed by atoms with Gasteiger partial charge in [0.05, 0.1) is 12.1 Å². The molecule has 0 radical (unpaired) electrons. The smallest absolute Gasteiger partial charge is 0.408 e. The van der Waals surface area contributed by atoms with E-state index in [9.17, 15) is 19.5 Å². The highest BCUT2D eigenvalue weighted by molar-refractivity contribution is 5.96. The second-order valence-electron chi connectivity index (χ2n) is 8.12. The molecule has 0 bridgehead atoms. The van der Waals surface area contributed by atoms with E-state index in [0.29, 0.717) is 37.2 Å². The molecule has 0 atom stereocenters. The molecule has 1 aromatic rings. The molecule has 0 aromatic heterocycles. The zero-order valence-electron chi connectivity index (χ0n) is 16.9. The van der Waals surface area contributed by atoms with E-state index in [1.165, 1.54) is 6.92 Å². The quantitative estimate of drug-likeness (QED) is 0.684. The monoisotopic (exact) mass is 391 g/mol. The third-order valence-electron chi connectivity index (χ3n) is 4.60. The molecule has 1 fully saturated rings. The third-order valence-corrected chi connectivity index (χ3v) is 4.60. The number of anilines is 1. The molecule has 3 amide bonds. The van der Waals surface area contributed by atoms with Crippen LogP contribution in [0.4, 0.5) is 15.3 Å². The van der Waals surface area contributed by atoms with E-state index in [1.807, 2.05) is 0 Å². The first kappa shape index (κ1) is 21.7. The third kappa shape index (κ3) is 5.95. The van der Waals surface area contributed by atoms with Gasteiger partial charge in [-0.15, -0.1) is 0 Å². The van der Waals surface area contributed by atoms with E-state index in [0.717, 1.165) is 0 Å². The molecule has 2 rings (SSSR count). The number of carbonyl (C=O) groups excluding carboxylic acids is 3. The molecule has 1 aliphatic heterocycles. The van der Waals surface area contributed by atoms with E-state index in [1.54, 1.807) is 49.9 Å². The number of hydrogen-bond acceptors (Lipinski definition) is 5. The van der Waals surface area contributed by atoms with Crippen LogP contribution in [-0.2, 0) is 4.74 Å². The fourth-order valence-corrected chi connectivity index (χ4v) is 3.00. The molecule has 1 heterocycles. The summed E-state index contributed by atoms with van der Waals surface area (Å²) in [5.74, 6) is -0.0741. The van der Waals surface area contributed by atoms with Crippen LogP contribution in [-0.4, -0.2) is 58.8 Å². The van der Waals surface area contributed by atoms with Gasteiger partial charge in [0.1, 0.15) is 5.60 Å². The molecule has 8 nitrogen and oxygen atoms in total. The Morgan fingerprint density at radius 3 is 2.39 bits per heavy atom. The number of aliphatic hydroxyl groups excluding tert-OH is 1. The minimum absolute atomic E-state index is 0.0741. The minimum atomic E-state index is -0.812. The standard InChI is InChI=1S/C20H29N3O5/c1-14(25)15-6-5-7-16(12-15)21-17(26)23-10-8-20(13-24,9-11-23)22-18(27)28-19(2,3)4/h5-7,12,24H,8-11,13H2,1-4H3,(H,21,26)(H,22,27). The maximum atomic E-state index is 12.5. The first-order valence-electron chi connectivity index (χ1n) is 9.32. The molecule has 0 spiro atoms. The number of ether oxygens (including phenoxy) is 1. The Balaban J connectivity index is 1.94. The number of ketones is 1. The lowest BCUT2D eigenvalue weighted by Gasteiger charge is -2.41. The van der Waals surface area contributed by atoms with Crippen LogP contribution < -0.4 is 10.6 Å². The molecule has 1 aromatic carbocycles. The Morgan fingerprint density at radius 2 is 1.86 bits per heavy atom. The number of benzene rings is 1. The highest BCUT2D eigenvalue weighted by Gasteiger charge is 2.38. The molecule has 3 N–H and O–H groups in total. The first-order chi connectivity index (χ1) is 13.0. The zero-order valence-corrected chi connectivity index (χ0v) is 16.9. The largest absolute Gasteiger partial charge is 0.444 e. The van der Waals surface area contributed by atoms with E-state index < -0.39 is 17.2 Å². The van der Waals surface area contributed by atoms with Gasteiger partial charge in [-0.3, -0.25) is 4.79 Å². The molecular formula is C20H29N3O5. The summed E-state index contributed by atoms with van der Waals surface area (Å²) < 4.78 is 5.27. The maximum absolute atomic E-state index is 12.5. The number of nitrogens with one attached hydrogen (secondary N) is 2. The summed E-state index contributed by atoms with van der Waals surface area (Å²) in [5.41, 5.74) is -0.371. The topological polar surface area (TPSA) is 108 Å². The van der Waals surface area contributed by atoms with Crippen molar-refractivity contribution in [1.82, 2.24) is 10.2 Å². The van der Waals surface area contributed by atoms with Gasteiger partial charge < -0.3 is 25.4 Å². The van der Waals surface area contributed by atoms with Crippen LogP contribution in [0.2, 0.25) is 0 Å². The molecule has 8 heteroatoms. The summed E-state index contributed by atoms with van der Waals surface area (Å²) in [6.45, 7) is 7.29. The van der Waals surface area contributed by atoms with Crippen molar-refractivity contribution in [2.45, 2.75) is 51.7 Å². The molecule has 0 unspecified atom stereocenters. The fourth-order valence-electron chi connectivity index (χ4n) is 3.00. The summed E-state index contributed by atoms with van der Waals surface area (Å²) in [7, 11) is 0. The Kier molecular flexibility index (Phi) is 6.66. The lowest BCUT2D eigenvalue weighted by atomic mass is 9.88. The number of likely N-dealkylation sites (tertiary alicyclic amines) is 1. The summed E-state index contributed by atoms with van der Waals surface area (Å²) in [6, 6.07) is 6.47. The van der Waals surface area contributed by atoms with Gasteiger partial charge in [0.2, 0.25) is 0 Å². The normalized spacial score (nSPS) is 16.2. The maximum Gasteiger partial charge on any atom is 0.408 e. The molecule has 1 aliphatic rings. The summed E-state index contributed by atoms with van der Waals surface area (Å²) in [5, 5.41) is 15.4. The predicted molar refractivity (Wildman–Crippen MR) is 105 cm³/mol. The van der Waals surface area contributed by atoms with Crippen molar-refractivity contribution in [3.63, 3.8) is 0 Å². The van der Waals surface area contributed by atoms with Crippen molar-refractivity contribution in [3.8, 4) is 0 Å². The van der Waals surface area contributed by atoms with E-state index in [4.69, 9.17) is 4.74 Å². The number of carbonyl (C=O) groups is 3. The number of rotatable bonds is 4. The number of aliphatic hydroxyl groups is 1. The van der Waals surface area contributed by atoms with Crippen LogP contribution in [0.3, 0.4) is 0 Å². The Labute approximate surface area is 165 Å². The number of hydrogen-bond donors (Lipinski definition) is 3. The van der Waals surface area contributed by atoms with Crippen molar-refractivity contribution in [2.24, 2.45) is 0 Å². The molecule has 0 aliphatic carbocycles. The number of amides is 3. The van der Waals surface area contributed by atoms with Crippen molar-refractivity contribution >= 4 is 23.6 Å². The van der Waals surface area contributed by atoms with Crippen molar-refractivity contribution in [2.75, 3.05) is 25.0 Å². The van der Waals surface area contributed by atoms with Crippen LogP contribution >= 0.6 is 0 Å². The van der Waals surface area contributed by atoms with Gasteiger partial charge in [0.25, 0.3) is 0 Å². The lowest BCUT2D eigenvalue weighted by molar-refractivity contribution is 0.0307. The van der Waals surface area contributed by atoms with Crippen molar-refractivity contribution in [1.29, 1.82) is 0 Å². The Morgan fingerprint density at radius 1 is 1.21 bits per heavy atom. The summed E-state index contributed by atoms with van der Waals surface area (Å²) in [4.78, 5) is 37.7. The number of Topliss-reactive ketones (excluding diaryl/α,β-unsaturated/α-hetero) is 1. The number of alkyl carbamates (subject to hydrolysis) is 1. The minimum Gasteiger partial charge on any atom is -0.444 e. The van der Waals surface area contributed by atoms with Crippen LogP contribution in [0, 0.1) is 0 Å². The average molecular weight is 391 g/mol. The Bertz CT molecular complexity index is 734. The lowest BCUT2D eigenvalue weighted by Crippen LogP contribution is -2.59. The fraction of sp³-hybridized carbons (Fsp3) is 0.550. The van der Waals surface area contributed by atoms with Crippen LogP contribution in [0.15, 0.2) is 24.3 Å². The van der Waals surface area contributed by atoms with Gasteiger partial charge in [-0.05, 0) is 52.7 Å². The number of nitrogens with zero attached hydrogens (tertiary/aromatic N) is 1. The molecule has 28 heavy (non-hydrogen) atoms. The second-order valence-corrected chi connectivity index (χ2v) is 8.12. The van der Waals surface area contributed by atoms with Crippen LogP contribution in [0.1, 0.15) is 50.9 Å². The molecule has 154 valence electrons. The van der Waals surface area contributed by atoms with E-state index in [2.05, 4.69) is 10.6 Å². The summed E-state index contributed by atoms with van der Waals surface area (Å²) in [6.07, 6.45) is 0.230. The Hall–Kier alpha value is -2.61. The first-order valence-corrected chi connectivity index (χ1v) is 9.32. The highest BCUT2D eigenvalue weighted by atomic mass is 16.6. The highest BCUT2D eigenvalue weighted by Crippen LogP contribution is 2.24. The summed E-state index contributed by atoms with van der Waals surface area (Å²) >= 11 is 0. The molecule has 1 saturated heterocycles. The van der Waals surface area contributed by atoms with Gasteiger partial charge in [-0.1, -0.05) is 12.1 Å². The number of piperidine rings is 1. The second kappa shape index (κ2) is 8.60. The van der Waals surface area contributed by atoms with Gasteiger partial charge in [-0.2, -0.15) is 0 Å². The van der Waals surface area contributed by atoms with Crippen molar-refractivity contribution in [3.05, 3.63) is 29.8 Å². The predicted octanol–water partition coefficient (Wildman–Crippen LogP) is 2.77. The van der Waals surface area contributed by atoms with Crippen molar-refractivity contribution < 1.29 is 24.2 Å². The van der Waals surface area contributed by atoms with E-state index in [-0.39, 0.29) is 18.4 Å². The van der Waals surface area contributed by atoms with Gasteiger partial charge in [0.15, 0.2) is 5.78 Å². The average Bonchev–Trinajstić information content (AvgIpc) is 2.60. The SMILES string of the molecule is CC(=O)c1cccc(NC(=O)N2CCC(CO)(NC(=O)OC(C)(C)C)CC2)c1. The molecule has 0 saturated carbocycles. The van der Waals surface area contributed by atoms with Gasteiger partial charge >= 0.3 is 12.1 Å². The molecular weight excluding hydrogens is 362 g/mol. The van der Waals surface area contributed by atoms with Gasteiger partial charge in [0, 0.05) is 24.3 Å². The number of urea groups is 1. The van der Waals surface area contributed by atoms with E-state index >= 15 is 0 Å². The van der Waals surface area contributed by atoms with Crippen LogP contribution in [0.25, 0.3) is 0 Å².